The minimum absolute atomic E-state index is 0.0563. The maximum atomic E-state index is 12.1. The van der Waals surface area contributed by atoms with E-state index in [-0.39, 0.29) is 11.4 Å². The minimum Gasteiger partial charge on any atom is -0.505 e. The Morgan fingerprint density at radius 2 is 1.88 bits per heavy atom. The summed E-state index contributed by atoms with van der Waals surface area (Å²) in [5.74, 6) is -0.806. The first-order valence-corrected chi connectivity index (χ1v) is 8.08. The molecule has 0 fully saturated rings. The zero-order valence-electron chi connectivity index (χ0n) is 12.5. The van der Waals surface area contributed by atoms with Gasteiger partial charge in [0, 0.05) is 17.0 Å². The Labute approximate surface area is 153 Å². The predicted molar refractivity (Wildman–Crippen MR) is 95.5 cm³/mol. The van der Waals surface area contributed by atoms with Crippen LogP contribution in [0, 0.1) is 0 Å². The molecule has 7 heteroatoms. The molecule has 4 nitrogen and oxygen atoms in total. The summed E-state index contributed by atoms with van der Waals surface area (Å²) in [7, 11) is 1.26. The number of methoxy groups -OCH3 is 1. The van der Waals surface area contributed by atoms with Crippen LogP contribution in [0.2, 0.25) is 15.1 Å². The van der Waals surface area contributed by atoms with Crippen LogP contribution >= 0.6 is 34.8 Å². The second kappa shape index (κ2) is 6.55. The summed E-state index contributed by atoms with van der Waals surface area (Å²) in [5.41, 5.74) is 1.53. The number of fused-ring (bicyclic) bond motifs is 1. The van der Waals surface area contributed by atoms with Crippen molar-refractivity contribution in [3.63, 3.8) is 0 Å². The number of benzene rings is 2. The highest BCUT2D eigenvalue weighted by molar-refractivity contribution is 6.42. The van der Waals surface area contributed by atoms with E-state index in [1.54, 1.807) is 41.0 Å². The summed E-state index contributed by atoms with van der Waals surface area (Å²) in [6.07, 6.45) is 0. The Morgan fingerprint density at radius 3 is 2.54 bits per heavy atom. The highest BCUT2D eigenvalue weighted by Gasteiger charge is 2.23. The average Bonchev–Trinajstić information content (AvgIpc) is 2.82. The molecule has 1 N–H and O–H groups in total. The van der Waals surface area contributed by atoms with Gasteiger partial charge in [-0.25, -0.2) is 4.79 Å². The van der Waals surface area contributed by atoms with E-state index in [2.05, 4.69) is 0 Å². The van der Waals surface area contributed by atoms with E-state index in [0.717, 1.165) is 5.56 Å². The highest BCUT2D eigenvalue weighted by Crippen LogP contribution is 2.35. The van der Waals surface area contributed by atoms with E-state index >= 15 is 0 Å². The second-order valence-corrected chi connectivity index (χ2v) is 6.44. The number of esters is 1. The number of ether oxygens (including phenoxy) is 1. The van der Waals surface area contributed by atoms with Crippen LogP contribution < -0.4 is 0 Å². The lowest BCUT2D eigenvalue weighted by molar-refractivity contribution is 0.0586. The fourth-order valence-electron chi connectivity index (χ4n) is 2.60. The first kappa shape index (κ1) is 17.0. The molecule has 0 amide bonds. The first-order chi connectivity index (χ1) is 11.4. The molecular formula is C17H12Cl3NO3. The fourth-order valence-corrected chi connectivity index (χ4v) is 3.09. The quantitative estimate of drug-likeness (QED) is 0.636. The Kier molecular flexibility index (Phi) is 4.63. The number of nitrogens with zero attached hydrogens (tertiary/aromatic N) is 1. The molecule has 3 aromatic rings. The molecule has 2 aromatic carbocycles. The maximum absolute atomic E-state index is 12.1. The van der Waals surface area contributed by atoms with Crippen molar-refractivity contribution in [1.29, 1.82) is 0 Å². The first-order valence-electron chi connectivity index (χ1n) is 6.95. The molecule has 0 atom stereocenters. The molecule has 1 heterocycles. The molecular weight excluding hydrogens is 373 g/mol. The van der Waals surface area contributed by atoms with Gasteiger partial charge in [0.2, 0.25) is 0 Å². The Hall–Kier alpha value is -1.88. The van der Waals surface area contributed by atoms with Crippen molar-refractivity contribution in [1.82, 2.24) is 4.57 Å². The molecule has 124 valence electrons. The predicted octanol–water partition coefficient (Wildman–Crippen LogP) is 5.14. The van der Waals surface area contributed by atoms with Crippen molar-refractivity contribution in [2.45, 2.75) is 6.54 Å². The van der Waals surface area contributed by atoms with Gasteiger partial charge in [0.05, 0.1) is 22.7 Å². The maximum Gasteiger partial charge on any atom is 0.358 e. The lowest BCUT2D eigenvalue weighted by atomic mass is 10.2. The molecule has 0 unspecified atom stereocenters. The molecule has 0 saturated carbocycles. The average molecular weight is 385 g/mol. The Balaban J connectivity index is 2.21. The van der Waals surface area contributed by atoms with Gasteiger partial charge < -0.3 is 14.4 Å². The standard InChI is InChI=1S/C17H12Cl3NO3/c1-24-17(23)15-16(22)11-7-10(18)3-5-14(11)21(15)8-9-2-4-12(19)13(20)6-9/h2-7,22H,8H2,1H3. The summed E-state index contributed by atoms with van der Waals surface area (Å²) in [4.78, 5) is 12.1. The lowest BCUT2D eigenvalue weighted by Crippen LogP contribution is -2.11. The zero-order valence-corrected chi connectivity index (χ0v) is 14.8. The number of carbonyl (C=O) groups excluding carboxylic acids is 1. The number of aromatic hydroxyl groups is 1. The number of hydrogen-bond acceptors (Lipinski definition) is 3. The molecule has 0 aliphatic rings. The topological polar surface area (TPSA) is 51.5 Å². The van der Waals surface area contributed by atoms with E-state index in [1.807, 2.05) is 0 Å². The third-order valence-electron chi connectivity index (χ3n) is 3.70. The molecule has 1 aromatic heterocycles. The van der Waals surface area contributed by atoms with Crippen LogP contribution in [0.25, 0.3) is 10.9 Å². The van der Waals surface area contributed by atoms with E-state index in [1.165, 1.54) is 7.11 Å². The second-order valence-electron chi connectivity index (χ2n) is 5.18. The molecule has 0 bridgehead atoms. The third-order valence-corrected chi connectivity index (χ3v) is 4.68. The van der Waals surface area contributed by atoms with Crippen LogP contribution in [0.4, 0.5) is 0 Å². The van der Waals surface area contributed by atoms with Crippen molar-refractivity contribution in [3.05, 3.63) is 62.7 Å². The number of halogens is 3. The van der Waals surface area contributed by atoms with Crippen LogP contribution in [0.15, 0.2) is 36.4 Å². The smallest absolute Gasteiger partial charge is 0.358 e. The van der Waals surface area contributed by atoms with Gasteiger partial charge in [-0.2, -0.15) is 0 Å². The molecule has 0 saturated heterocycles. The molecule has 0 aliphatic heterocycles. The van der Waals surface area contributed by atoms with Gasteiger partial charge in [-0.15, -0.1) is 0 Å². The third kappa shape index (κ3) is 2.93. The molecule has 0 radical (unpaired) electrons. The number of hydrogen-bond donors (Lipinski definition) is 1. The number of carbonyl (C=O) groups is 1. The molecule has 3 rings (SSSR count). The molecule has 0 aliphatic carbocycles. The van der Waals surface area contributed by atoms with Crippen LogP contribution in [-0.4, -0.2) is 22.8 Å². The SMILES string of the molecule is COC(=O)c1c(O)c2cc(Cl)ccc2n1Cc1ccc(Cl)c(Cl)c1. The van der Waals surface area contributed by atoms with Crippen LogP contribution in [-0.2, 0) is 11.3 Å². The van der Waals surface area contributed by atoms with Gasteiger partial charge in [-0.3, -0.25) is 0 Å². The number of aromatic nitrogens is 1. The van der Waals surface area contributed by atoms with E-state index in [0.29, 0.717) is 32.5 Å². The fraction of sp³-hybridized carbons (Fsp3) is 0.118. The monoisotopic (exact) mass is 383 g/mol. The zero-order chi connectivity index (χ0) is 17.4. The Bertz CT molecular complexity index is 950. The van der Waals surface area contributed by atoms with Crippen molar-refractivity contribution < 1.29 is 14.6 Å². The summed E-state index contributed by atoms with van der Waals surface area (Å²) in [5, 5.41) is 12.2. The van der Waals surface area contributed by atoms with Gasteiger partial charge in [-0.05, 0) is 35.9 Å². The largest absolute Gasteiger partial charge is 0.505 e. The van der Waals surface area contributed by atoms with Crippen LogP contribution in [0.3, 0.4) is 0 Å². The van der Waals surface area contributed by atoms with E-state index in [9.17, 15) is 9.90 Å². The summed E-state index contributed by atoms with van der Waals surface area (Å²) in [6.45, 7) is 0.306. The summed E-state index contributed by atoms with van der Waals surface area (Å²) < 4.78 is 6.46. The van der Waals surface area contributed by atoms with E-state index in [4.69, 9.17) is 39.5 Å². The van der Waals surface area contributed by atoms with Crippen molar-refractivity contribution in [3.8, 4) is 5.75 Å². The lowest BCUT2D eigenvalue weighted by Gasteiger charge is -2.10. The van der Waals surface area contributed by atoms with Crippen LogP contribution in [0.5, 0.6) is 5.75 Å². The van der Waals surface area contributed by atoms with Gasteiger partial charge in [-0.1, -0.05) is 40.9 Å². The summed E-state index contributed by atoms with van der Waals surface area (Å²) in [6, 6.07) is 10.2. The van der Waals surface area contributed by atoms with Gasteiger partial charge in [0.25, 0.3) is 0 Å². The van der Waals surface area contributed by atoms with E-state index < -0.39 is 5.97 Å². The molecule has 24 heavy (non-hydrogen) atoms. The highest BCUT2D eigenvalue weighted by atomic mass is 35.5. The normalized spacial score (nSPS) is 11.0. The van der Waals surface area contributed by atoms with Crippen LogP contribution in [0.1, 0.15) is 16.1 Å². The van der Waals surface area contributed by atoms with Crippen molar-refractivity contribution in [2.75, 3.05) is 7.11 Å². The van der Waals surface area contributed by atoms with Crippen molar-refractivity contribution in [2.24, 2.45) is 0 Å². The summed E-state index contributed by atoms with van der Waals surface area (Å²) >= 11 is 18.0. The number of rotatable bonds is 3. The van der Waals surface area contributed by atoms with Crippen molar-refractivity contribution >= 4 is 51.7 Å². The van der Waals surface area contributed by atoms with Gasteiger partial charge in [0.15, 0.2) is 11.4 Å². The van der Waals surface area contributed by atoms with Gasteiger partial charge >= 0.3 is 5.97 Å². The van der Waals surface area contributed by atoms with Gasteiger partial charge in [0.1, 0.15) is 0 Å². The Morgan fingerprint density at radius 1 is 1.12 bits per heavy atom. The minimum atomic E-state index is -0.639. The molecule has 0 spiro atoms.